The molecule has 0 bridgehead atoms. The van der Waals surface area contributed by atoms with Gasteiger partial charge in [-0.25, -0.2) is 4.39 Å². The Bertz CT molecular complexity index is 687. The van der Waals surface area contributed by atoms with Crippen LogP contribution in [-0.2, 0) is 0 Å². The predicted molar refractivity (Wildman–Crippen MR) is 135 cm³/mol. The standard InChI is InChI=1S/C30H48F2O/c1-4-6-8-10-23-11-13-24(14-12-23)22(3)25-15-17-26(18-16-25)27-19-20-28(30(32)29(27)31)33-21-9-7-5-2/h19-20,22-26H,4-18,21H2,1-3H3. The summed E-state index contributed by atoms with van der Waals surface area (Å²) in [5.74, 6) is 2.09. The van der Waals surface area contributed by atoms with E-state index in [1.165, 1.54) is 51.4 Å². The van der Waals surface area contributed by atoms with Crippen molar-refractivity contribution in [1.29, 1.82) is 0 Å². The third-order valence-electron chi connectivity index (χ3n) is 8.89. The summed E-state index contributed by atoms with van der Waals surface area (Å²) in [7, 11) is 0. The van der Waals surface area contributed by atoms with E-state index in [0.717, 1.165) is 68.6 Å². The summed E-state index contributed by atoms with van der Waals surface area (Å²) < 4.78 is 35.0. The van der Waals surface area contributed by atoms with Gasteiger partial charge in [0, 0.05) is 0 Å². The molecule has 2 fully saturated rings. The van der Waals surface area contributed by atoms with Gasteiger partial charge in [0.05, 0.1) is 6.61 Å². The zero-order valence-corrected chi connectivity index (χ0v) is 21.5. The smallest absolute Gasteiger partial charge is 0.200 e. The van der Waals surface area contributed by atoms with Crippen molar-refractivity contribution >= 4 is 0 Å². The summed E-state index contributed by atoms with van der Waals surface area (Å²) in [6.45, 7) is 7.33. The highest BCUT2D eigenvalue weighted by Crippen LogP contribution is 2.45. The topological polar surface area (TPSA) is 9.23 Å². The molecule has 3 rings (SSSR count). The van der Waals surface area contributed by atoms with Crippen LogP contribution in [-0.4, -0.2) is 6.61 Å². The van der Waals surface area contributed by atoms with E-state index in [1.54, 1.807) is 12.1 Å². The van der Waals surface area contributed by atoms with Crippen molar-refractivity contribution in [2.24, 2.45) is 23.7 Å². The van der Waals surface area contributed by atoms with Crippen molar-refractivity contribution in [1.82, 2.24) is 0 Å². The Labute approximate surface area is 202 Å². The van der Waals surface area contributed by atoms with Gasteiger partial charge >= 0.3 is 0 Å². The lowest BCUT2D eigenvalue weighted by Crippen LogP contribution is -2.28. The Hall–Kier alpha value is -1.12. The minimum Gasteiger partial charge on any atom is -0.490 e. The van der Waals surface area contributed by atoms with Crippen LogP contribution in [0.1, 0.15) is 129 Å². The summed E-state index contributed by atoms with van der Waals surface area (Å²) in [4.78, 5) is 0. The highest BCUT2D eigenvalue weighted by atomic mass is 19.2. The van der Waals surface area contributed by atoms with Gasteiger partial charge in [0.2, 0.25) is 5.82 Å². The highest BCUT2D eigenvalue weighted by molar-refractivity contribution is 5.33. The SMILES string of the molecule is CCCCCOc1ccc(C2CCC(C(C)C3CCC(CCCCC)CC3)CC2)c(F)c1F. The van der Waals surface area contributed by atoms with E-state index in [2.05, 4.69) is 20.8 Å². The third-order valence-corrected chi connectivity index (χ3v) is 8.89. The molecule has 1 atom stereocenters. The van der Waals surface area contributed by atoms with Crippen LogP contribution >= 0.6 is 0 Å². The predicted octanol–water partition coefficient (Wildman–Crippen LogP) is 9.83. The molecule has 33 heavy (non-hydrogen) atoms. The Morgan fingerprint density at radius 2 is 1.39 bits per heavy atom. The Balaban J connectivity index is 1.46. The summed E-state index contributed by atoms with van der Waals surface area (Å²) in [5, 5.41) is 0. The number of hydrogen-bond acceptors (Lipinski definition) is 1. The molecule has 2 saturated carbocycles. The number of unbranched alkanes of at least 4 members (excludes halogenated alkanes) is 4. The van der Waals surface area contributed by atoms with E-state index < -0.39 is 11.6 Å². The largest absolute Gasteiger partial charge is 0.490 e. The number of rotatable bonds is 12. The molecule has 0 spiro atoms. The molecule has 0 saturated heterocycles. The van der Waals surface area contributed by atoms with E-state index >= 15 is 0 Å². The summed E-state index contributed by atoms with van der Waals surface area (Å²) >= 11 is 0. The molecule has 188 valence electrons. The first-order valence-corrected chi connectivity index (χ1v) is 14.2. The van der Waals surface area contributed by atoms with Gasteiger partial charge in [0.25, 0.3) is 0 Å². The lowest BCUT2D eigenvalue weighted by Gasteiger charge is -2.39. The van der Waals surface area contributed by atoms with Crippen molar-refractivity contribution in [3.63, 3.8) is 0 Å². The fourth-order valence-corrected chi connectivity index (χ4v) is 6.53. The fourth-order valence-electron chi connectivity index (χ4n) is 6.53. The maximum atomic E-state index is 14.9. The molecule has 2 aliphatic rings. The van der Waals surface area contributed by atoms with Crippen molar-refractivity contribution in [3.05, 3.63) is 29.3 Å². The van der Waals surface area contributed by atoms with Crippen LogP contribution in [0, 0.1) is 35.3 Å². The summed E-state index contributed by atoms with van der Waals surface area (Å²) in [6.07, 6.45) is 18.5. The first-order valence-electron chi connectivity index (χ1n) is 14.2. The monoisotopic (exact) mass is 462 g/mol. The molecule has 0 aliphatic heterocycles. The van der Waals surface area contributed by atoms with Gasteiger partial charge in [-0.05, 0) is 86.2 Å². The summed E-state index contributed by atoms with van der Waals surface area (Å²) in [6, 6.07) is 3.43. The normalized spacial score (nSPS) is 26.8. The van der Waals surface area contributed by atoms with Gasteiger partial charge < -0.3 is 4.74 Å². The van der Waals surface area contributed by atoms with Crippen molar-refractivity contribution in [2.45, 2.75) is 123 Å². The maximum absolute atomic E-state index is 14.9. The second-order valence-corrected chi connectivity index (χ2v) is 11.1. The molecule has 1 unspecified atom stereocenters. The minimum atomic E-state index is -0.796. The van der Waals surface area contributed by atoms with E-state index in [9.17, 15) is 8.78 Å². The van der Waals surface area contributed by atoms with Gasteiger partial charge in [-0.3, -0.25) is 0 Å². The molecule has 0 aromatic heterocycles. The van der Waals surface area contributed by atoms with Gasteiger partial charge in [-0.1, -0.05) is 78.2 Å². The zero-order chi connectivity index (χ0) is 23.6. The number of ether oxygens (including phenoxy) is 1. The molecule has 0 radical (unpaired) electrons. The Morgan fingerprint density at radius 1 is 0.788 bits per heavy atom. The molecule has 1 aromatic rings. The molecule has 3 heteroatoms. The minimum absolute atomic E-state index is 0.0694. The molecule has 0 heterocycles. The average Bonchev–Trinajstić information content (AvgIpc) is 2.85. The van der Waals surface area contributed by atoms with Crippen molar-refractivity contribution in [3.8, 4) is 5.75 Å². The maximum Gasteiger partial charge on any atom is 0.200 e. The van der Waals surface area contributed by atoms with Crippen LogP contribution in [0.25, 0.3) is 0 Å². The summed E-state index contributed by atoms with van der Waals surface area (Å²) in [5.41, 5.74) is 0.562. The third kappa shape index (κ3) is 7.43. The van der Waals surface area contributed by atoms with Crippen LogP contribution in [0.5, 0.6) is 5.75 Å². The van der Waals surface area contributed by atoms with Crippen LogP contribution in [0.15, 0.2) is 12.1 Å². The van der Waals surface area contributed by atoms with Crippen LogP contribution < -0.4 is 4.74 Å². The molecule has 1 aromatic carbocycles. The second-order valence-electron chi connectivity index (χ2n) is 11.1. The number of benzene rings is 1. The van der Waals surface area contributed by atoms with Crippen molar-refractivity contribution < 1.29 is 13.5 Å². The molecular weight excluding hydrogens is 414 g/mol. The average molecular weight is 463 g/mol. The van der Waals surface area contributed by atoms with E-state index in [1.807, 2.05) is 0 Å². The van der Waals surface area contributed by atoms with Crippen LogP contribution in [0.2, 0.25) is 0 Å². The molecule has 1 nitrogen and oxygen atoms in total. The molecule has 0 N–H and O–H groups in total. The first-order chi connectivity index (χ1) is 16.0. The molecule has 2 aliphatic carbocycles. The number of hydrogen-bond donors (Lipinski definition) is 0. The van der Waals surface area contributed by atoms with Crippen molar-refractivity contribution in [2.75, 3.05) is 6.61 Å². The first kappa shape index (κ1) is 26.5. The lowest BCUT2D eigenvalue weighted by molar-refractivity contribution is 0.131. The lowest BCUT2D eigenvalue weighted by atomic mass is 9.66. The Kier molecular flexibility index (Phi) is 11.0. The fraction of sp³-hybridized carbons (Fsp3) is 0.800. The van der Waals surface area contributed by atoms with E-state index in [4.69, 9.17) is 4.74 Å². The van der Waals surface area contributed by atoms with Gasteiger partial charge in [-0.2, -0.15) is 4.39 Å². The number of halogens is 2. The molecular formula is C30H48F2O. The van der Waals surface area contributed by atoms with Gasteiger partial charge in [0.15, 0.2) is 11.6 Å². The molecule has 0 amide bonds. The quantitative estimate of drug-likeness (QED) is 0.281. The van der Waals surface area contributed by atoms with Crippen LogP contribution in [0.3, 0.4) is 0 Å². The zero-order valence-electron chi connectivity index (χ0n) is 21.5. The van der Waals surface area contributed by atoms with E-state index in [-0.39, 0.29) is 11.7 Å². The van der Waals surface area contributed by atoms with E-state index in [0.29, 0.717) is 12.2 Å². The second kappa shape index (κ2) is 13.7. The van der Waals surface area contributed by atoms with Gasteiger partial charge in [0.1, 0.15) is 0 Å². The van der Waals surface area contributed by atoms with Crippen LogP contribution in [0.4, 0.5) is 8.78 Å². The highest BCUT2D eigenvalue weighted by Gasteiger charge is 2.33. The van der Waals surface area contributed by atoms with Gasteiger partial charge in [-0.15, -0.1) is 0 Å². The Morgan fingerprint density at radius 3 is 2.03 bits per heavy atom.